The predicted octanol–water partition coefficient (Wildman–Crippen LogP) is 2.78. The van der Waals surface area contributed by atoms with Crippen molar-refractivity contribution in [3.8, 4) is 0 Å². The summed E-state index contributed by atoms with van der Waals surface area (Å²) >= 11 is 0. The number of carbonyl (C=O) groups is 1. The van der Waals surface area contributed by atoms with Crippen LogP contribution in [0.4, 0.5) is 4.39 Å². The van der Waals surface area contributed by atoms with Crippen LogP contribution < -0.4 is 11.1 Å². The van der Waals surface area contributed by atoms with E-state index in [-0.39, 0.29) is 17.8 Å². The quantitative estimate of drug-likeness (QED) is 0.899. The molecule has 0 aliphatic heterocycles. The number of carbonyl (C=O) groups excluding carboxylic acids is 1. The Morgan fingerprint density at radius 1 is 1.15 bits per heavy atom. The molecule has 0 saturated carbocycles. The standard InChI is InChI=1S/C16H17FN2O/c1-11(13-6-8-15(17)9-7-13)19-16(20)14-4-2-12(10-18)3-5-14/h2-9,11H,10,18H2,1H3,(H,19,20)/t11-/m0/s1. The van der Waals surface area contributed by atoms with Crippen LogP contribution in [0.5, 0.6) is 0 Å². The van der Waals surface area contributed by atoms with E-state index in [9.17, 15) is 9.18 Å². The van der Waals surface area contributed by atoms with Gasteiger partial charge in [-0.1, -0.05) is 24.3 Å². The molecule has 3 nitrogen and oxygen atoms in total. The molecule has 0 saturated heterocycles. The second-order valence-corrected chi connectivity index (χ2v) is 4.65. The molecular formula is C16H17FN2O. The minimum absolute atomic E-state index is 0.162. The van der Waals surface area contributed by atoms with Crippen molar-refractivity contribution in [2.24, 2.45) is 5.73 Å². The number of nitrogens with one attached hydrogen (secondary N) is 1. The maximum absolute atomic E-state index is 12.9. The van der Waals surface area contributed by atoms with E-state index < -0.39 is 0 Å². The minimum atomic E-state index is -0.287. The summed E-state index contributed by atoms with van der Waals surface area (Å²) in [5, 5.41) is 2.88. The van der Waals surface area contributed by atoms with Crippen LogP contribution >= 0.6 is 0 Å². The molecule has 20 heavy (non-hydrogen) atoms. The van der Waals surface area contributed by atoms with Gasteiger partial charge in [0.25, 0.3) is 5.91 Å². The summed E-state index contributed by atoms with van der Waals surface area (Å²) < 4.78 is 12.9. The van der Waals surface area contributed by atoms with Crippen molar-refractivity contribution in [3.63, 3.8) is 0 Å². The first-order valence-corrected chi connectivity index (χ1v) is 6.45. The van der Waals surface area contributed by atoms with Crippen molar-refractivity contribution in [1.82, 2.24) is 5.32 Å². The molecular weight excluding hydrogens is 255 g/mol. The zero-order chi connectivity index (χ0) is 14.5. The Labute approximate surface area is 117 Å². The Hall–Kier alpha value is -2.20. The van der Waals surface area contributed by atoms with Gasteiger partial charge in [0.05, 0.1) is 6.04 Å². The SMILES string of the molecule is C[C@H](NC(=O)c1ccc(CN)cc1)c1ccc(F)cc1. The number of hydrogen-bond donors (Lipinski definition) is 2. The van der Waals surface area contributed by atoms with Gasteiger partial charge < -0.3 is 11.1 Å². The van der Waals surface area contributed by atoms with Crippen LogP contribution in [0.1, 0.15) is 34.5 Å². The third-order valence-corrected chi connectivity index (χ3v) is 3.17. The summed E-state index contributed by atoms with van der Waals surface area (Å²) in [6.45, 7) is 2.31. The van der Waals surface area contributed by atoms with Crippen LogP contribution in [0.25, 0.3) is 0 Å². The number of amides is 1. The molecule has 1 amide bonds. The van der Waals surface area contributed by atoms with Gasteiger partial charge in [0.2, 0.25) is 0 Å². The fraction of sp³-hybridized carbons (Fsp3) is 0.188. The number of nitrogens with two attached hydrogens (primary N) is 1. The molecule has 0 radical (unpaired) electrons. The van der Waals surface area contributed by atoms with Crippen molar-refractivity contribution in [2.45, 2.75) is 19.5 Å². The van der Waals surface area contributed by atoms with Crippen molar-refractivity contribution < 1.29 is 9.18 Å². The Morgan fingerprint density at radius 3 is 2.30 bits per heavy atom. The van der Waals surface area contributed by atoms with Crippen LogP contribution in [0.3, 0.4) is 0 Å². The number of benzene rings is 2. The first kappa shape index (κ1) is 14.2. The zero-order valence-corrected chi connectivity index (χ0v) is 11.3. The largest absolute Gasteiger partial charge is 0.346 e. The van der Waals surface area contributed by atoms with Gasteiger partial charge in [-0.05, 0) is 42.3 Å². The fourth-order valence-electron chi connectivity index (χ4n) is 1.91. The number of halogens is 1. The van der Waals surface area contributed by atoms with E-state index in [4.69, 9.17) is 5.73 Å². The maximum Gasteiger partial charge on any atom is 0.251 e. The summed E-state index contributed by atoms with van der Waals surface area (Å²) in [5.74, 6) is -0.449. The lowest BCUT2D eigenvalue weighted by Crippen LogP contribution is -2.26. The smallest absolute Gasteiger partial charge is 0.251 e. The van der Waals surface area contributed by atoms with E-state index >= 15 is 0 Å². The molecule has 0 aliphatic carbocycles. The normalized spacial score (nSPS) is 11.9. The second-order valence-electron chi connectivity index (χ2n) is 4.65. The van der Waals surface area contributed by atoms with Gasteiger partial charge in [-0.25, -0.2) is 4.39 Å². The molecule has 1 atom stereocenters. The zero-order valence-electron chi connectivity index (χ0n) is 11.3. The molecule has 0 aliphatic rings. The molecule has 4 heteroatoms. The molecule has 0 fully saturated rings. The summed E-state index contributed by atoms with van der Waals surface area (Å²) in [6.07, 6.45) is 0. The molecule has 0 aromatic heterocycles. The summed E-state index contributed by atoms with van der Waals surface area (Å²) in [4.78, 5) is 12.1. The molecule has 0 unspecified atom stereocenters. The third kappa shape index (κ3) is 3.42. The highest BCUT2D eigenvalue weighted by Crippen LogP contribution is 2.14. The van der Waals surface area contributed by atoms with Gasteiger partial charge in [0.15, 0.2) is 0 Å². The lowest BCUT2D eigenvalue weighted by molar-refractivity contribution is 0.0940. The lowest BCUT2D eigenvalue weighted by atomic mass is 10.1. The van der Waals surface area contributed by atoms with E-state index in [2.05, 4.69) is 5.32 Å². The third-order valence-electron chi connectivity index (χ3n) is 3.17. The average Bonchev–Trinajstić information content (AvgIpc) is 2.48. The fourth-order valence-corrected chi connectivity index (χ4v) is 1.91. The Morgan fingerprint density at radius 2 is 1.75 bits per heavy atom. The highest BCUT2D eigenvalue weighted by Gasteiger charge is 2.11. The second kappa shape index (κ2) is 6.30. The minimum Gasteiger partial charge on any atom is -0.346 e. The van der Waals surface area contributed by atoms with E-state index in [1.807, 2.05) is 19.1 Å². The van der Waals surface area contributed by atoms with E-state index in [1.165, 1.54) is 12.1 Å². The predicted molar refractivity (Wildman–Crippen MR) is 76.6 cm³/mol. The molecule has 104 valence electrons. The first-order valence-electron chi connectivity index (χ1n) is 6.45. The van der Waals surface area contributed by atoms with Crippen molar-refractivity contribution in [1.29, 1.82) is 0 Å². The number of rotatable bonds is 4. The van der Waals surface area contributed by atoms with Crippen LogP contribution in [-0.2, 0) is 6.54 Å². The maximum atomic E-state index is 12.9. The van der Waals surface area contributed by atoms with Crippen LogP contribution in [0.15, 0.2) is 48.5 Å². The van der Waals surface area contributed by atoms with Crippen molar-refractivity contribution in [3.05, 3.63) is 71.0 Å². The van der Waals surface area contributed by atoms with E-state index in [0.717, 1.165) is 11.1 Å². The molecule has 0 bridgehead atoms. The van der Waals surface area contributed by atoms with E-state index in [1.54, 1.807) is 24.3 Å². The summed E-state index contributed by atoms with van der Waals surface area (Å²) in [5.41, 5.74) is 7.93. The Kier molecular flexibility index (Phi) is 4.48. The summed E-state index contributed by atoms with van der Waals surface area (Å²) in [6, 6.07) is 13.1. The Bertz CT molecular complexity index is 578. The first-order chi connectivity index (χ1) is 9.60. The average molecular weight is 272 g/mol. The van der Waals surface area contributed by atoms with Gasteiger partial charge in [-0.3, -0.25) is 4.79 Å². The van der Waals surface area contributed by atoms with Crippen molar-refractivity contribution in [2.75, 3.05) is 0 Å². The molecule has 2 rings (SSSR count). The van der Waals surface area contributed by atoms with Crippen molar-refractivity contribution >= 4 is 5.91 Å². The molecule has 2 aromatic rings. The molecule has 0 spiro atoms. The van der Waals surface area contributed by atoms with Gasteiger partial charge in [-0.2, -0.15) is 0 Å². The monoisotopic (exact) mass is 272 g/mol. The molecule has 3 N–H and O–H groups in total. The highest BCUT2D eigenvalue weighted by molar-refractivity contribution is 5.94. The van der Waals surface area contributed by atoms with Gasteiger partial charge in [0.1, 0.15) is 5.82 Å². The van der Waals surface area contributed by atoms with E-state index in [0.29, 0.717) is 12.1 Å². The van der Waals surface area contributed by atoms with Crippen LogP contribution in [0.2, 0.25) is 0 Å². The highest BCUT2D eigenvalue weighted by atomic mass is 19.1. The number of hydrogen-bond acceptors (Lipinski definition) is 2. The van der Waals surface area contributed by atoms with Gasteiger partial charge >= 0.3 is 0 Å². The summed E-state index contributed by atoms with van der Waals surface area (Å²) in [7, 11) is 0. The lowest BCUT2D eigenvalue weighted by Gasteiger charge is -2.14. The molecule has 0 heterocycles. The van der Waals surface area contributed by atoms with Gasteiger partial charge in [0, 0.05) is 12.1 Å². The van der Waals surface area contributed by atoms with Crippen LogP contribution in [0, 0.1) is 5.82 Å². The van der Waals surface area contributed by atoms with Gasteiger partial charge in [-0.15, -0.1) is 0 Å². The van der Waals surface area contributed by atoms with Crippen LogP contribution in [-0.4, -0.2) is 5.91 Å². The topological polar surface area (TPSA) is 55.1 Å². The Balaban J connectivity index is 2.04. The molecule has 2 aromatic carbocycles.